The van der Waals surface area contributed by atoms with Crippen LogP contribution in [-0.2, 0) is 27.8 Å². The van der Waals surface area contributed by atoms with Gasteiger partial charge in [-0.05, 0) is 0 Å². The van der Waals surface area contributed by atoms with E-state index in [9.17, 15) is 4.79 Å². The third kappa shape index (κ3) is 5.04. The fourth-order valence-electron chi connectivity index (χ4n) is 0.276. The molecule has 0 saturated heterocycles. The molecule has 0 aromatic heterocycles. The first-order valence-electron chi connectivity index (χ1n) is 2.42. The van der Waals surface area contributed by atoms with Gasteiger partial charge < -0.3 is 0 Å². The topological polar surface area (TPSA) is 26.3 Å². The summed E-state index contributed by atoms with van der Waals surface area (Å²) in [7, 11) is 1.42. The SMILES string of the molecule is Br.COC(=O)[C](C)(C)[Zn]. The zero-order chi connectivity index (χ0) is 6.78. The standard InChI is InChI=1S/C5H9O2.BrH.Zn/c1-4(2)5(6)7-3;;/h1-3H3;1H;. The zero-order valence-electron chi connectivity index (χ0n) is 5.93. The summed E-state index contributed by atoms with van der Waals surface area (Å²) >= 11 is 0.944. The second-order valence-electron chi connectivity index (χ2n) is 2.38. The molecule has 51 valence electrons. The van der Waals surface area contributed by atoms with Crippen LogP contribution >= 0.6 is 17.0 Å². The van der Waals surface area contributed by atoms with Crippen molar-refractivity contribution in [3.05, 3.63) is 0 Å². The number of ether oxygens (including phenoxy) is 1. The molecule has 0 rings (SSSR count). The monoisotopic (exact) mass is 245 g/mol. The van der Waals surface area contributed by atoms with Crippen molar-refractivity contribution in [2.75, 3.05) is 7.11 Å². The van der Waals surface area contributed by atoms with Gasteiger partial charge in [0.15, 0.2) is 0 Å². The van der Waals surface area contributed by atoms with Crippen LogP contribution in [0.5, 0.6) is 0 Å². The molecule has 9 heavy (non-hydrogen) atoms. The molecule has 0 unspecified atom stereocenters. The maximum absolute atomic E-state index is 10.6. The Kier molecular flexibility index (Phi) is 6.00. The number of carbonyl (C=O) groups is 1. The Hall–Kier alpha value is 0.573. The van der Waals surface area contributed by atoms with Crippen molar-refractivity contribution in [1.29, 1.82) is 0 Å². The van der Waals surface area contributed by atoms with Crippen LogP contribution in [0, 0.1) is 0 Å². The van der Waals surface area contributed by atoms with Crippen LogP contribution in [0.15, 0.2) is 0 Å². The third-order valence-electron chi connectivity index (χ3n) is 0.738. The van der Waals surface area contributed by atoms with Crippen LogP contribution in [0.3, 0.4) is 0 Å². The van der Waals surface area contributed by atoms with Gasteiger partial charge in [-0.1, -0.05) is 0 Å². The number of hydrogen-bond donors (Lipinski definition) is 0. The van der Waals surface area contributed by atoms with Crippen molar-refractivity contribution in [2.24, 2.45) is 0 Å². The molecule has 0 fully saturated rings. The Morgan fingerprint density at radius 3 is 1.89 bits per heavy atom. The molecule has 0 aliphatic carbocycles. The van der Waals surface area contributed by atoms with Gasteiger partial charge in [0.2, 0.25) is 0 Å². The van der Waals surface area contributed by atoms with Crippen molar-refractivity contribution in [3.8, 4) is 0 Å². The molecular weight excluding hydrogens is 237 g/mol. The summed E-state index contributed by atoms with van der Waals surface area (Å²) in [5.74, 6) is -0.113. The van der Waals surface area contributed by atoms with Gasteiger partial charge in [-0.3, -0.25) is 0 Å². The quantitative estimate of drug-likeness (QED) is 0.518. The number of hydrogen-bond acceptors (Lipinski definition) is 2. The number of halogens is 1. The molecule has 0 aromatic carbocycles. The molecule has 0 saturated carbocycles. The average Bonchev–Trinajstić information content (AvgIpc) is 1.62. The van der Waals surface area contributed by atoms with Crippen LogP contribution < -0.4 is 0 Å². The summed E-state index contributed by atoms with van der Waals surface area (Å²) in [5, 5.41) is 0. The molecule has 2 nitrogen and oxygen atoms in total. The molecule has 0 amide bonds. The number of carbonyl (C=O) groups excluding carboxylic acids is 1. The Balaban J connectivity index is 0. The molecular formula is C5H10BrO2Zn. The van der Waals surface area contributed by atoms with Crippen molar-refractivity contribution in [1.82, 2.24) is 0 Å². The van der Waals surface area contributed by atoms with Gasteiger partial charge in [-0.2, -0.15) is 0 Å². The van der Waals surface area contributed by atoms with E-state index in [-0.39, 0.29) is 27.0 Å². The van der Waals surface area contributed by atoms with Gasteiger partial charge in [0.05, 0.1) is 0 Å². The van der Waals surface area contributed by atoms with Crippen molar-refractivity contribution < 1.29 is 27.8 Å². The van der Waals surface area contributed by atoms with E-state index in [1.165, 1.54) is 7.11 Å². The van der Waals surface area contributed by atoms with Crippen LogP contribution in [0.1, 0.15) is 13.8 Å². The Bertz CT molecular complexity index is 97.6. The summed E-state index contributed by atoms with van der Waals surface area (Å²) in [6.45, 7) is 3.75. The Morgan fingerprint density at radius 1 is 1.56 bits per heavy atom. The maximum atomic E-state index is 10.6. The fourth-order valence-corrected chi connectivity index (χ4v) is 0.579. The van der Waals surface area contributed by atoms with Crippen molar-refractivity contribution in [3.63, 3.8) is 0 Å². The van der Waals surface area contributed by atoms with Crippen LogP contribution in [-0.4, -0.2) is 13.1 Å². The van der Waals surface area contributed by atoms with Gasteiger partial charge in [0.25, 0.3) is 0 Å². The number of esters is 1. The van der Waals surface area contributed by atoms with E-state index < -0.39 is 0 Å². The molecule has 0 spiro atoms. The molecule has 0 bridgehead atoms. The molecule has 0 radical (unpaired) electrons. The first-order chi connectivity index (χ1) is 3.48. The van der Waals surface area contributed by atoms with Crippen LogP contribution in [0.25, 0.3) is 0 Å². The molecule has 0 aromatic rings. The van der Waals surface area contributed by atoms with E-state index in [4.69, 9.17) is 0 Å². The van der Waals surface area contributed by atoms with Crippen molar-refractivity contribution in [2.45, 2.75) is 17.9 Å². The van der Waals surface area contributed by atoms with Gasteiger partial charge in [0, 0.05) is 0 Å². The Morgan fingerprint density at radius 2 is 1.89 bits per heavy atom. The average molecular weight is 247 g/mol. The van der Waals surface area contributed by atoms with E-state index in [1.54, 1.807) is 0 Å². The predicted octanol–water partition coefficient (Wildman–Crippen LogP) is 1.48. The van der Waals surface area contributed by atoms with E-state index >= 15 is 0 Å². The first kappa shape index (κ1) is 12.3. The second-order valence-corrected chi connectivity index (χ2v) is 6.08. The molecule has 4 heteroatoms. The van der Waals surface area contributed by atoms with Gasteiger partial charge in [0.1, 0.15) is 0 Å². The van der Waals surface area contributed by atoms with E-state index in [1.807, 2.05) is 13.8 Å². The molecule has 0 aliphatic heterocycles. The van der Waals surface area contributed by atoms with Crippen LogP contribution in [0.4, 0.5) is 0 Å². The predicted molar refractivity (Wildman–Crippen MR) is 36.4 cm³/mol. The van der Waals surface area contributed by atoms with E-state index in [0.717, 1.165) is 18.3 Å². The number of methoxy groups -OCH3 is 1. The summed E-state index contributed by atoms with van der Waals surface area (Å²) in [4.78, 5) is 10.6. The van der Waals surface area contributed by atoms with E-state index in [2.05, 4.69) is 4.74 Å². The van der Waals surface area contributed by atoms with Gasteiger partial charge in [-0.15, -0.1) is 17.0 Å². The third-order valence-corrected chi connectivity index (χ3v) is 1.34. The zero-order valence-corrected chi connectivity index (χ0v) is 10.6. The molecule has 0 N–H and O–H groups in total. The molecule has 0 atom stereocenters. The summed E-state index contributed by atoms with van der Waals surface area (Å²) in [6.07, 6.45) is 0. The second kappa shape index (κ2) is 4.40. The molecule has 0 aliphatic rings. The minimum atomic E-state index is -0.227. The van der Waals surface area contributed by atoms with Crippen LogP contribution in [0.2, 0.25) is 4.01 Å². The van der Waals surface area contributed by atoms with E-state index in [0.29, 0.717) is 0 Å². The summed E-state index contributed by atoms with van der Waals surface area (Å²) in [5.41, 5.74) is 0. The normalized spacial score (nSPS) is 9.89. The van der Waals surface area contributed by atoms with Gasteiger partial charge in [-0.25, -0.2) is 0 Å². The van der Waals surface area contributed by atoms with Crippen molar-refractivity contribution >= 4 is 23.0 Å². The Labute approximate surface area is 75.8 Å². The summed E-state index contributed by atoms with van der Waals surface area (Å²) < 4.78 is 4.28. The molecule has 0 heterocycles. The minimum absolute atomic E-state index is 0. The number of rotatable bonds is 1. The fraction of sp³-hybridized carbons (Fsp3) is 0.800. The summed E-state index contributed by atoms with van der Waals surface area (Å²) in [6, 6.07) is 0. The first-order valence-corrected chi connectivity index (χ1v) is 3.90. The van der Waals surface area contributed by atoms with Gasteiger partial charge >= 0.3 is 58.8 Å².